The number of hydrogen-bond donors (Lipinski definition) is 0. The van der Waals surface area contributed by atoms with Crippen molar-refractivity contribution in [3.8, 4) is 16.3 Å². The zero-order chi connectivity index (χ0) is 18.3. The summed E-state index contributed by atoms with van der Waals surface area (Å²) in [6, 6.07) is 12.6. The van der Waals surface area contributed by atoms with Crippen molar-refractivity contribution in [3.05, 3.63) is 59.4 Å². The molecule has 2 aliphatic heterocycles. The van der Waals surface area contributed by atoms with E-state index in [9.17, 15) is 0 Å². The van der Waals surface area contributed by atoms with Crippen LogP contribution in [0.4, 0.5) is 0 Å². The first kappa shape index (κ1) is 17.0. The monoisotopic (exact) mass is 381 g/mol. The highest BCUT2D eigenvalue weighted by Gasteiger charge is 2.43. The Morgan fingerprint density at radius 3 is 2.89 bits per heavy atom. The lowest BCUT2D eigenvalue weighted by Crippen LogP contribution is -2.44. The van der Waals surface area contributed by atoms with Crippen LogP contribution in [0.15, 0.2) is 48.0 Å². The van der Waals surface area contributed by atoms with Crippen LogP contribution >= 0.6 is 11.3 Å². The van der Waals surface area contributed by atoms with Gasteiger partial charge in [-0.05, 0) is 35.6 Å². The van der Waals surface area contributed by atoms with Crippen molar-refractivity contribution in [3.63, 3.8) is 0 Å². The molecule has 2 aromatic heterocycles. The fourth-order valence-corrected chi connectivity index (χ4v) is 4.92. The minimum atomic E-state index is -0.105. The Labute approximate surface area is 163 Å². The second kappa shape index (κ2) is 6.78. The van der Waals surface area contributed by atoms with Crippen LogP contribution in [0.25, 0.3) is 10.6 Å². The van der Waals surface area contributed by atoms with E-state index in [1.54, 1.807) is 18.4 Å². The van der Waals surface area contributed by atoms with Crippen molar-refractivity contribution in [1.29, 1.82) is 0 Å². The van der Waals surface area contributed by atoms with Gasteiger partial charge < -0.3 is 14.0 Å². The molecule has 2 aliphatic rings. The molecule has 0 N–H and O–H groups in total. The first-order valence-corrected chi connectivity index (χ1v) is 10.2. The summed E-state index contributed by atoms with van der Waals surface area (Å²) < 4.78 is 14.0. The summed E-state index contributed by atoms with van der Waals surface area (Å²) >= 11 is 1.77. The normalized spacial score (nSPS) is 22.3. The van der Waals surface area contributed by atoms with Crippen LogP contribution in [0.5, 0.6) is 5.75 Å². The molecule has 1 atom stereocenters. The summed E-state index contributed by atoms with van der Waals surface area (Å²) in [6.45, 7) is 4.45. The second-order valence-corrected chi connectivity index (χ2v) is 8.35. The molecule has 5 rings (SSSR count). The molecule has 0 saturated carbocycles. The summed E-state index contributed by atoms with van der Waals surface area (Å²) in [5.41, 5.74) is 2.43. The van der Waals surface area contributed by atoms with Crippen LogP contribution in [-0.4, -0.2) is 40.3 Å². The number of methoxy groups -OCH3 is 1. The topological polar surface area (TPSA) is 39.5 Å². The molecule has 1 spiro atoms. The minimum absolute atomic E-state index is 0.105. The summed E-state index contributed by atoms with van der Waals surface area (Å²) in [5, 5.41) is 2.12. The van der Waals surface area contributed by atoms with Gasteiger partial charge >= 0.3 is 0 Å². The zero-order valence-corrected chi connectivity index (χ0v) is 16.2. The Morgan fingerprint density at radius 1 is 1.22 bits per heavy atom. The molecule has 0 aliphatic carbocycles. The van der Waals surface area contributed by atoms with Gasteiger partial charge in [-0.25, -0.2) is 4.98 Å². The van der Waals surface area contributed by atoms with Gasteiger partial charge in [0.2, 0.25) is 0 Å². The number of thiophene rings is 1. The fourth-order valence-electron chi connectivity index (χ4n) is 4.18. The van der Waals surface area contributed by atoms with E-state index in [-0.39, 0.29) is 5.60 Å². The van der Waals surface area contributed by atoms with Crippen LogP contribution in [-0.2, 0) is 24.4 Å². The van der Waals surface area contributed by atoms with Gasteiger partial charge in [0.25, 0.3) is 0 Å². The molecule has 6 heteroatoms. The van der Waals surface area contributed by atoms with Crippen molar-refractivity contribution in [1.82, 2.24) is 14.5 Å². The van der Waals surface area contributed by atoms with Crippen molar-refractivity contribution >= 4 is 11.3 Å². The van der Waals surface area contributed by atoms with E-state index < -0.39 is 0 Å². The van der Waals surface area contributed by atoms with Crippen LogP contribution in [0, 0.1) is 0 Å². The highest BCUT2D eigenvalue weighted by atomic mass is 32.1. The number of rotatable bonds is 4. The molecule has 140 valence electrons. The van der Waals surface area contributed by atoms with Gasteiger partial charge in [-0.2, -0.15) is 0 Å². The molecule has 1 unspecified atom stereocenters. The lowest BCUT2D eigenvalue weighted by atomic mass is 10.0. The average Bonchev–Trinajstić information content (AvgIpc) is 3.43. The molecule has 1 saturated heterocycles. The van der Waals surface area contributed by atoms with E-state index in [4.69, 9.17) is 9.47 Å². The number of ether oxygens (including phenoxy) is 2. The van der Waals surface area contributed by atoms with E-state index in [1.807, 2.05) is 18.3 Å². The van der Waals surface area contributed by atoms with Crippen molar-refractivity contribution in [2.45, 2.75) is 31.7 Å². The van der Waals surface area contributed by atoms with E-state index in [1.165, 1.54) is 16.1 Å². The number of benzene rings is 1. The second-order valence-electron chi connectivity index (χ2n) is 7.40. The largest absolute Gasteiger partial charge is 0.497 e. The third-order valence-corrected chi connectivity index (χ3v) is 6.52. The smallest absolute Gasteiger partial charge is 0.135 e. The molecule has 0 radical (unpaired) electrons. The predicted molar refractivity (Wildman–Crippen MR) is 106 cm³/mol. The van der Waals surface area contributed by atoms with Gasteiger partial charge in [0, 0.05) is 19.6 Å². The van der Waals surface area contributed by atoms with Gasteiger partial charge in [0.05, 0.1) is 30.4 Å². The van der Waals surface area contributed by atoms with E-state index >= 15 is 0 Å². The quantitative estimate of drug-likeness (QED) is 0.689. The Hall–Kier alpha value is -2.15. The van der Waals surface area contributed by atoms with Crippen LogP contribution in [0.2, 0.25) is 0 Å². The van der Waals surface area contributed by atoms with Crippen LogP contribution in [0.3, 0.4) is 0 Å². The molecule has 0 bridgehead atoms. The first-order chi connectivity index (χ1) is 13.2. The molecular formula is C21H23N3O2S. The minimum Gasteiger partial charge on any atom is -0.497 e. The number of fused-ring (bicyclic) bond motifs is 1. The third-order valence-electron chi connectivity index (χ3n) is 5.63. The van der Waals surface area contributed by atoms with Crippen molar-refractivity contribution in [2.24, 2.45) is 0 Å². The lowest BCUT2D eigenvalue weighted by molar-refractivity contribution is -0.0821. The average molecular weight is 382 g/mol. The molecule has 0 amide bonds. The van der Waals surface area contributed by atoms with Crippen molar-refractivity contribution < 1.29 is 9.47 Å². The maximum atomic E-state index is 6.35. The molecule has 27 heavy (non-hydrogen) atoms. The number of imidazole rings is 1. The van der Waals surface area contributed by atoms with Crippen molar-refractivity contribution in [2.75, 3.05) is 20.2 Å². The van der Waals surface area contributed by atoms with E-state index in [0.717, 1.165) is 44.2 Å². The molecule has 1 aromatic carbocycles. The molecular weight excluding hydrogens is 358 g/mol. The number of aromatic nitrogens is 2. The molecule has 4 heterocycles. The van der Waals surface area contributed by atoms with Gasteiger partial charge in [-0.15, -0.1) is 11.3 Å². The highest BCUT2D eigenvalue weighted by molar-refractivity contribution is 7.13. The number of hydrogen-bond acceptors (Lipinski definition) is 5. The number of nitrogens with zero attached hydrogens (tertiary/aromatic N) is 3. The Kier molecular flexibility index (Phi) is 4.27. The Balaban J connectivity index is 1.31. The third kappa shape index (κ3) is 3.18. The number of likely N-dealkylation sites (tertiary alicyclic amines) is 1. The van der Waals surface area contributed by atoms with Crippen LogP contribution < -0.4 is 4.74 Å². The fraction of sp³-hybridized carbons (Fsp3) is 0.381. The zero-order valence-electron chi connectivity index (χ0n) is 15.4. The Bertz CT molecular complexity index is 920. The maximum Gasteiger partial charge on any atom is 0.135 e. The Morgan fingerprint density at radius 2 is 2.11 bits per heavy atom. The lowest BCUT2D eigenvalue weighted by Gasteiger charge is -2.35. The summed E-state index contributed by atoms with van der Waals surface area (Å²) in [6.07, 6.45) is 3.05. The van der Waals surface area contributed by atoms with E-state index in [2.05, 4.69) is 44.1 Å². The SMILES string of the molecule is COc1ccc(CN2CCC3(C2)Cn2c(-c4cccs4)cnc2CO3)cc1. The first-order valence-electron chi connectivity index (χ1n) is 9.32. The standard InChI is InChI=1S/C21H23N3O2S/c1-25-17-6-4-16(5-7-17)12-23-9-8-21(14-23)15-24-18(19-3-2-10-27-19)11-22-20(24)13-26-21/h2-7,10-11H,8-9,12-15H2,1H3. The predicted octanol–water partition coefficient (Wildman–Crippen LogP) is 3.80. The van der Waals surface area contributed by atoms with Gasteiger partial charge in [-0.3, -0.25) is 4.90 Å². The summed E-state index contributed by atoms with van der Waals surface area (Å²) in [4.78, 5) is 8.36. The molecule has 5 nitrogen and oxygen atoms in total. The van der Waals surface area contributed by atoms with Gasteiger partial charge in [-0.1, -0.05) is 18.2 Å². The van der Waals surface area contributed by atoms with E-state index in [0.29, 0.717) is 6.61 Å². The molecule has 3 aromatic rings. The maximum absolute atomic E-state index is 6.35. The summed E-state index contributed by atoms with van der Waals surface area (Å²) in [5.74, 6) is 1.94. The van der Waals surface area contributed by atoms with Gasteiger partial charge in [0.15, 0.2) is 0 Å². The molecule has 1 fully saturated rings. The summed E-state index contributed by atoms with van der Waals surface area (Å²) in [7, 11) is 1.70. The van der Waals surface area contributed by atoms with Gasteiger partial charge in [0.1, 0.15) is 23.8 Å². The highest BCUT2D eigenvalue weighted by Crippen LogP contribution is 2.36. The van der Waals surface area contributed by atoms with Crippen LogP contribution in [0.1, 0.15) is 17.8 Å².